The Morgan fingerprint density at radius 2 is 1.52 bits per heavy atom. The number of nitrogens with zero attached hydrogens (tertiary/aromatic N) is 1. The molecule has 1 atom stereocenters. The summed E-state index contributed by atoms with van der Waals surface area (Å²) in [5.74, 6) is -0.792. The minimum absolute atomic E-state index is 0.0188. The normalized spacial score (nSPS) is 18.4. The van der Waals surface area contributed by atoms with Crippen LogP contribution in [-0.4, -0.2) is 55.9 Å². The zero-order valence-electron chi connectivity index (χ0n) is 17.0. The summed E-state index contributed by atoms with van der Waals surface area (Å²) in [7, 11) is -3.08. The number of rotatable bonds is 5. The van der Waals surface area contributed by atoms with Crippen LogP contribution in [-0.2, 0) is 19.4 Å². The van der Waals surface area contributed by atoms with E-state index in [1.165, 1.54) is 4.90 Å². The van der Waals surface area contributed by atoms with E-state index in [1.54, 1.807) is 6.92 Å². The molecule has 1 aliphatic rings. The summed E-state index contributed by atoms with van der Waals surface area (Å²) < 4.78 is 28.7. The van der Waals surface area contributed by atoms with E-state index >= 15 is 0 Å². The number of benzene rings is 1. The maximum absolute atomic E-state index is 12.7. The molecule has 0 saturated carbocycles. The van der Waals surface area contributed by atoms with Crippen molar-refractivity contribution in [3.8, 4) is 0 Å². The molecule has 0 bridgehead atoms. The zero-order valence-corrected chi connectivity index (χ0v) is 17.8. The van der Waals surface area contributed by atoms with Crippen LogP contribution in [0.3, 0.4) is 0 Å². The molecule has 7 heteroatoms. The van der Waals surface area contributed by atoms with Crippen molar-refractivity contribution in [3.63, 3.8) is 0 Å². The third kappa shape index (κ3) is 4.34. The highest BCUT2D eigenvalue weighted by molar-refractivity contribution is 7.91. The Kier molecular flexibility index (Phi) is 6.35. The lowest BCUT2D eigenvalue weighted by Crippen LogP contribution is -2.43. The molecule has 1 aliphatic heterocycles. The van der Waals surface area contributed by atoms with Gasteiger partial charge in [0.05, 0.1) is 17.1 Å². The largest absolute Gasteiger partial charge is 0.452 e. The lowest BCUT2D eigenvalue weighted by Gasteiger charge is -2.26. The van der Waals surface area contributed by atoms with Gasteiger partial charge in [0.25, 0.3) is 5.91 Å². The maximum atomic E-state index is 12.7. The number of likely N-dealkylation sites (N-methyl/N-ethyl adjacent to an activating group) is 1. The molecule has 0 radical (unpaired) electrons. The van der Waals surface area contributed by atoms with Crippen LogP contribution in [0.2, 0.25) is 0 Å². The quantitative estimate of drug-likeness (QED) is 0.715. The Hall–Kier alpha value is -1.89. The van der Waals surface area contributed by atoms with E-state index in [0.29, 0.717) is 18.5 Å². The Balaban J connectivity index is 2.12. The fourth-order valence-corrected chi connectivity index (χ4v) is 5.48. The minimum atomic E-state index is -3.08. The van der Waals surface area contributed by atoms with E-state index in [-0.39, 0.29) is 30.1 Å². The number of hydrogen-bond acceptors (Lipinski definition) is 5. The number of esters is 1. The molecule has 2 rings (SSSR count). The molecule has 0 aromatic heterocycles. The molecule has 0 unspecified atom stereocenters. The molecular formula is C20H29NO5S. The molecule has 6 nitrogen and oxygen atoms in total. The highest BCUT2D eigenvalue weighted by atomic mass is 32.2. The predicted octanol–water partition coefficient (Wildman–Crippen LogP) is 2.42. The molecule has 150 valence electrons. The first-order chi connectivity index (χ1) is 12.5. The number of sulfone groups is 1. The van der Waals surface area contributed by atoms with Gasteiger partial charge in [0.1, 0.15) is 0 Å². The fourth-order valence-electron chi connectivity index (χ4n) is 3.75. The van der Waals surface area contributed by atoms with Gasteiger partial charge in [-0.15, -0.1) is 0 Å². The van der Waals surface area contributed by atoms with Gasteiger partial charge in [-0.05, 0) is 75.8 Å². The van der Waals surface area contributed by atoms with Crippen molar-refractivity contribution in [1.29, 1.82) is 0 Å². The molecule has 1 heterocycles. The van der Waals surface area contributed by atoms with E-state index < -0.39 is 15.8 Å². The van der Waals surface area contributed by atoms with Crippen LogP contribution in [0.15, 0.2) is 0 Å². The number of amides is 1. The van der Waals surface area contributed by atoms with Crippen LogP contribution in [0.1, 0.15) is 51.5 Å². The zero-order chi connectivity index (χ0) is 20.5. The first-order valence-electron chi connectivity index (χ1n) is 9.24. The summed E-state index contributed by atoms with van der Waals surface area (Å²) in [6.45, 7) is 11.5. The number of hydrogen-bond donors (Lipinski definition) is 0. The summed E-state index contributed by atoms with van der Waals surface area (Å²) in [4.78, 5) is 26.7. The Labute approximate surface area is 161 Å². The highest BCUT2D eigenvalue weighted by Gasteiger charge is 2.34. The SMILES string of the molecule is CCN(C(=O)COC(=O)c1c(C)c(C)c(C)c(C)c1C)[C@H]1CCS(=O)(=O)C1. The average molecular weight is 396 g/mol. The van der Waals surface area contributed by atoms with Crippen molar-refractivity contribution in [3.05, 3.63) is 33.4 Å². The lowest BCUT2D eigenvalue weighted by atomic mass is 9.90. The predicted molar refractivity (Wildman–Crippen MR) is 105 cm³/mol. The smallest absolute Gasteiger partial charge is 0.339 e. The minimum Gasteiger partial charge on any atom is -0.452 e. The van der Waals surface area contributed by atoms with Crippen molar-refractivity contribution in [2.45, 2.75) is 54.0 Å². The standard InChI is InChI=1S/C20H29NO5S/c1-7-21(17-8-9-27(24,25)11-17)18(22)10-26-20(23)19-15(5)13(3)12(2)14(4)16(19)6/h17H,7-11H2,1-6H3/t17-/m0/s1. The van der Waals surface area contributed by atoms with Gasteiger partial charge in [0.2, 0.25) is 0 Å². The topological polar surface area (TPSA) is 80.8 Å². The second kappa shape index (κ2) is 8.00. The van der Waals surface area contributed by atoms with Crippen LogP contribution < -0.4 is 0 Å². The van der Waals surface area contributed by atoms with E-state index in [1.807, 2.05) is 34.6 Å². The first kappa shape index (κ1) is 21.4. The maximum Gasteiger partial charge on any atom is 0.339 e. The molecule has 0 spiro atoms. The lowest BCUT2D eigenvalue weighted by molar-refractivity contribution is -0.136. The van der Waals surface area contributed by atoms with Crippen LogP contribution >= 0.6 is 0 Å². The summed E-state index contributed by atoms with van der Waals surface area (Å²) in [6.07, 6.45) is 0.435. The molecule has 0 aliphatic carbocycles. The second-order valence-electron chi connectivity index (χ2n) is 7.31. The summed E-state index contributed by atoms with van der Waals surface area (Å²) in [5.41, 5.74) is 5.47. The van der Waals surface area contributed by atoms with Gasteiger partial charge in [0, 0.05) is 12.6 Å². The first-order valence-corrected chi connectivity index (χ1v) is 11.1. The second-order valence-corrected chi connectivity index (χ2v) is 9.54. The van der Waals surface area contributed by atoms with E-state index in [9.17, 15) is 18.0 Å². The summed E-state index contributed by atoms with van der Waals surface area (Å²) in [6, 6.07) is -0.335. The molecular weight excluding hydrogens is 366 g/mol. The van der Waals surface area contributed by atoms with Gasteiger partial charge in [-0.25, -0.2) is 13.2 Å². The van der Waals surface area contributed by atoms with Crippen LogP contribution in [0, 0.1) is 34.6 Å². The number of carbonyl (C=O) groups is 2. The van der Waals surface area contributed by atoms with Crippen molar-refractivity contribution >= 4 is 21.7 Å². The Morgan fingerprint density at radius 3 is 1.96 bits per heavy atom. The fraction of sp³-hybridized carbons (Fsp3) is 0.600. The number of ether oxygens (including phenoxy) is 1. The summed E-state index contributed by atoms with van der Waals surface area (Å²) in [5, 5.41) is 0. The van der Waals surface area contributed by atoms with Gasteiger partial charge in [0.15, 0.2) is 16.4 Å². The van der Waals surface area contributed by atoms with Crippen LogP contribution in [0.4, 0.5) is 0 Å². The Morgan fingerprint density at radius 1 is 1.00 bits per heavy atom. The van der Waals surface area contributed by atoms with Crippen molar-refractivity contribution in [1.82, 2.24) is 4.90 Å². The van der Waals surface area contributed by atoms with Gasteiger partial charge in [-0.3, -0.25) is 4.79 Å². The van der Waals surface area contributed by atoms with Gasteiger partial charge in [-0.1, -0.05) is 0 Å². The monoisotopic (exact) mass is 395 g/mol. The molecule has 1 aromatic rings. The van der Waals surface area contributed by atoms with Gasteiger partial charge in [-0.2, -0.15) is 0 Å². The third-order valence-electron chi connectivity index (χ3n) is 5.84. The highest BCUT2D eigenvalue weighted by Crippen LogP contribution is 2.26. The molecule has 1 amide bonds. The Bertz CT molecular complexity index is 844. The van der Waals surface area contributed by atoms with Crippen LogP contribution in [0.5, 0.6) is 0 Å². The van der Waals surface area contributed by atoms with Crippen molar-refractivity contribution in [2.75, 3.05) is 24.7 Å². The molecule has 27 heavy (non-hydrogen) atoms. The average Bonchev–Trinajstić information content (AvgIpc) is 2.96. The van der Waals surface area contributed by atoms with Gasteiger partial charge >= 0.3 is 5.97 Å². The van der Waals surface area contributed by atoms with Crippen molar-refractivity contribution in [2.24, 2.45) is 0 Å². The molecule has 1 aromatic carbocycles. The van der Waals surface area contributed by atoms with Crippen molar-refractivity contribution < 1.29 is 22.7 Å². The molecule has 0 N–H and O–H groups in total. The molecule has 1 saturated heterocycles. The van der Waals surface area contributed by atoms with E-state index in [4.69, 9.17) is 4.74 Å². The third-order valence-corrected chi connectivity index (χ3v) is 7.59. The van der Waals surface area contributed by atoms with E-state index in [0.717, 1.165) is 27.8 Å². The summed E-state index contributed by atoms with van der Waals surface area (Å²) >= 11 is 0. The van der Waals surface area contributed by atoms with E-state index in [2.05, 4.69) is 0 Å². The number of carbonyl (C=O) groups excluding carboxylic acids is 2. The molecule has 1 fully saturated rings. The van der Waals surface area contributed by atoms with Gasteiger partial charge < -0.3 is 9.64 Å². The van der Waals surface area contributed by atoms with Crippen LogP contribution in [0.25, 0.3) is 0 Å².